The van der Waals surface area contributed by atoms with E-state index < -0.39 is 5.97 Å². The van der Waals surface area contributed by atoms with Gasteiger partial charge in [-0.25, -0.2) is 9.48 Å². The number of aliphatic carboxylic acids is 1. The summed E-state index contributed by atoms with van der Waals surface area (Å²) < 4.78 is 6.09. The standard InChI is InChI=1S/C9H12N4O4/c14-8(15)6-13-5-7(10-11-13)4-12-2-1-3-17-9(12)16/h5H,1-4,6H2,(H,14,15). The highest BCUT2D eigenvalue weighted by atomic mass is 16.6. The second-order valence-corrected chi connectivity index (χ2v) is 3.69. The van der Waals surface area contributed by atoms with Crippen LogP contribution in [0.3, 0.4) is 0 Å². The summed E-state index contributed by atoms with van der Waals surface area (Å²) in [5, 5.41) is 16.0. The van der Waals surface area contributed by atoms with E-state index >= 15 is 0 Å². The third-order valence-electron chi connectivity index (χ3n) is 2.29. The zero-order valence-corrected chi connectivity index (χ0v) is 9.07. The number of aromatic nitrogens is 3. The summed E-state index contributed by atoms with van der Waals surface area (Å²) in [7, 11) is 0. The predicted octanol–water partition coefficient (Wildman–Crippen LogP) is -0.295. The van der Waals surface area contributed by atoms with Crippen molar-refractivity contribution in [2.45, 2.75) is 19.5 Å². The molecule has 8 nitrogen and oxygen atoms in total. The molecule has 8 heteroatoms. The minimum atomic E-state index is -0.987. The van der Waals surface area contributed by atoms with Crippen LogP contribution in [0.1, 0.15) is 12.1 Å². The fourth-order valence-corrected chi connectivity index (χ4v) is 1.56. The van der Waals surface area contributed by atoms with Crippen molar-refractivity contribution in [1.82, 2.24) is 19.9 Å². The summed E-state index contributed by atoms with van der Waals surface area (Å²) >= 11 is 0. The Bertz CT molecular complexity index is 430. The Hall–Kier alpha value is -2.12. The molecule has 1 N–H and O–H groups in total. The van der Waals surface area contributed by atoms with E-state index in [1.807, 2.05) is 0 Å². The zero-order chi connectivity index (χ0) is 12.3. The van der Waals surface area contributed by atoms with Gasteiger partial charge in [0.25, 0.3) is 0 Å². The Balaban J connectivity index is 1.96. The number of carbonyl (C=O) groups excluding carboxylic acids is 1. The van der Waals surface area contributed by atoms with Crippen LogP contribution >= 0.6 is 0 Å². The van der Waals surface area contributed by atoms with Crippen molar-refractivity contribution in [2.75, 3.05) is 13.2 Å². The molecule has 92 valence electrons. The molecule has 0 atom stereocenters. The molecule has 1 amide bonds. The van der Waals surface area contributed by atoms with E-state index in [0.717, 1.165) is 6.42 Å². The Labute approximate surface area is 96.8 Å². The molecular formula is C9H12N4O4. The Kier molecular flexibility index (Phi) is 3.22. The van der Waals surface area contributed by atoms with E-state index in [2.05, 4.69) is 10.3 Å². The zero-order valence-electron chi connectivity index (χ0n) is 9.07. The fraction of sp³-hybridized carbons (Fsp3) is 0.556. The molecule has 1 fully saturated rings. The van der Waals surface area contributed by atoms with Crippen molar-refractivity contribution < 1.29 is 19.4 Å². The molecule has 1 aliphatic rings. The van der Waals surface area contributed by atoms with Gasteiger partial charge in [-0.2, -0.15) is 0 Å². The molecule has 0 aromatic carbocycles. The topological polar surface area (TPSA) is 97.6 Å². The van der Waals surface area contributed by atoms with Crippen molar-refractivity contribution in [3.63, 3.8) is 0 Å². The minimum absolute atomic E-state index is 0.239. The van der Waals surface area contributed by atoms with Crippen molar-refractivity contribution >= 4 is 12.1 Å². The van der Waals surface area contributed by atoms with Gasteiger partial charge >= 0.3 is 12.1 Å². The van der Waals surface area contributed by atoms with Crippen LogP contribution < -0.4 is 0 Å². The number of carbonyl (C=O) groups is 2. The second kappa shape index (κ2) is 4.81. The Morgan fingerprint density at radius 1 is 1.59 bits per heavy atom. The second-order valence-electron chi connectivity index (χ2n) is 3.69. The molecule has 1 aliphatic heterocycles. The highest BCUT2D eigenvalue weighted by molar-refractivity contribution is 5.68. The van der Waals surface area contributed by atoms with Gasteiger partial charge in [0.1, 0.15) is 12.2 Å². The smallest absolute Gasteiger partial charge is 0.410 e. The number of ether oxygens (including phenoxy) is 1. The molecule has 1 aromatic heterocycles. The van der Waals surface area contributed by atoms with Crippen molar-refractivity contribution in [3.05, 3.63) is 11.9 Å². The number of carboxylic acids is 1. The molecule has 1 saturated heterocycles. The van der Waals surface area contributed by atoms with Crippen LogP contribution in [0.5, 0.6) is 0 Å². The number of amides is 1. The maximum atomic E-state index is 11.3. The first kappa shape index (κ1) is 11.4. The lowest BCUT2D eigenvalue weighted by atomic mass is 10.3. The van der Waals surface area contributed by atoms with E-state index in [1.165, 1.54) is 15.8 Å². The molecule has 0 saturated carbocycles. The van der Waals surface area contributed by atoms with Crippen LogP contribution in [-0.4, -0.2) is 50.2 Å². The number of carboxylic acid groups (broad SMARTS) is 1. The first-order valence-electron chi connectivity index (χ1n) is 5.17. The van der Waals surface area contributed by atoms with Crippen LogP contribution in [0.25, 0.3) is 0 Å². The van der Waals surface area contributed by atoms with Gasteiger partial charge in [-0.15, -0.1) is 5.10 Å². The largest absolute Gasteiger partial charge is 0.480 e. The number of nitrogens with zero attached hydrogens (tertiary/aromatic N) is 4. The third-order valence-corrected chi connectivity index (χ3v) is 2.29. The number of hydrogen-bond donors (Lipinski definition) is 1. The van der Waals surface area contributed by atoms with E-state index in [0.29, 0.717) is 25.4 Å². The van der Waals surface area contributed by atoms with E-state index in [-0.39, 0.29) is 12.6 Å². The Morgan fingerprint density at radius 2 is 2.41 bits per heavy atom. The van der Waals surface area contributed by atoms with Crippen molar-refractivity contribution in [2.24, 2.45) is 0 Å². The first-order chi connectivity index (χ1) is 8.15. The molecule has 0 bridgehead atoms. The quantitative estimate of drug-likeness (QED) is 0.776. The van der Waals surface area contributed by atoms with Gasteiger partial charge in [0.2, 0.25) is 0 Å². The van der Waals surface area contributed by atoms with Gasteiger partial charge in [-0.1, -0.05) is 5.21 Å². The maximum absolute atomic E-state index is 11.3. The van der Waals surface area contributed by atoms with Crippen LogP contribution in [0, 0.1) is 0 Å². The van der Waals surface area contributed by atoms with Crippen molar-refractivity contribution in [1.29, 1.82) is 0 Å². The minimum Gasteiger partial charge on any atom is -0.480 e. The first-order valence-corrected chi connectivity index (χ1v) is 5.17. The van der Waals surface area contributed by atoms with E-state index in [1.54, 1.807) is 0 Å². The van der Waals surface area contributed by atoms with Gasteiger partial charge in [0, 0.05) is 6.54 Å². The maximum Gasteiger partial charge on any atom is 0.410 e. The molecule has 17 heavy (non-hydrogen) atoms. The molecular weight excluding hydrogens is 228 g/mol. The number of rotatable bonds is 4. The summed E-state index contributed by atoms with van der Waals surface area (Å²) in [5.74, 6) is -0.987. The highest BCUT2D eigenvalue weighted by Crippen LogP contribution is 2.08. The van der Waals surface area contributed by atoms with Crippen LogP contribution in [0.15, 0.2) is 6.20 Å². The van der Waals surface area contributed by atoms with Crippen LogP contribution in [0.2, 0.25) is 0 Å². The summed E-state index contributed by atoms with van der Waals surface area (Å²) in [6.45, 7) is 1.11. The van der Waals surface area contributed by atoms with E-state index in [4.69, 9.17) is 9.84 Å². The lowest BCUT2D eigenvalue weighted by Crippen LogP contribution is -2.37. The van der Waals surface area contributed by atoms with Crippen LogP contribution in [-0.2, 0) is 22.6 Å². The summed E-state index contributed by atoms with van der Waals surface area (Å²) in [6, 6.07) is 0. The predicted molar refractivity (Wildman–Crippen MR) is 54.0 cm³/mol. The van der Waals surface area contributed by atoms with E-state index in [9.17, 15) is 9.59 Å². The third kappa shape index (κ3) is 2.92. The lowest BCUT2D eigenvalue weighted by molar-refractivity contribution is -0.137. The molecule has 2 rings (SSSR count). The van der Waals surface area contributed by atoms with Gasteiger partial charge in [0.05, 0.1) is 19.3 Å². The number of cyclic esters (lactones) is 1. The fourth-order valence-electron chi connectivity index (χ4n) is 1.56. The summed E-state index contributed by atoms with van der Waals surface area (Å²) in [5.41, 5.74) is 0.546. The van der Waals surface area contributed by atoms with Gasteiger partial charge in [-0.3, -0.25) is 4.79 Å². The lowest BCUT2D eigenvalue weighted by Gasteiger charge is -2.25. The average Bonchev–Trinajstić information content (AvgIpc) is 2.68. The molecule has 0 aliphatic carbocycles. The highest BCUT2D eigenvalue weighted by Gasteiger charge is 2.20. The number of hydrogen-bond acceptors (Lipinski definition) is 5. The monoisotopic (exact) mass is 240 g/mol. The SMILES string of the molecule is O=C(O)Cn1cc(CN2CCCOC2=O)nn1. The van der Waals surface area contributed by atoms with Gasteiger partial charge in [0.15, 0.2) is 0 Å². The summed E-state index contributed by atoms with van der Waals surface area (Å²) in [4.78, 5) is 23.3. The normalized spacial score (nSPS) is 15.8. The average molecular weight is 240 g/mol. The Morgan fingerprint density at radius 3 is 3.12 bits per heavy atom. The molecule has 2 heterocycles. The molecule has 1 aromatic rings. The molecule has 0 spiro atoms. The van der Waals surface area contributed by atoms with Crippen LogP contribution in [0.4, 0.5) is 4.79 Å². The molecule has 0 unspecified atom stereocenters. The van der Waals surface area contributed by atoms with Gasteiger partial charge in [-0.05, 0) is 6.42 Å². The molecule has 0 radical (unpaired) electrons. The van der Waals surface area contributed by atoms with Gasteiger partial charge < -0.3 is 14.7 Å². The van der Waals surface area contributed by atoms with Crippen molar-refractivity contribution in [3.8, 4) is 0 Å². The summed E-state index contributed by atoms with van der Waals surface area (Å²) in [6.07, 6.45) is 1.93.